The minimum atomic E-state index is -0.947. The van der Waals surface area contributed by atoms with E-state index in [1.165, 1.54) is 0 Å². The monoisotopic (exact) mass is 259 g/mol. The molecule has 0 radical (unpaired) electrons. The quantitative estimate of drug-likeness (QED) is 0.803. The van der Waals surface area contributed by atoms with E-state index < -0.39 is 23.8 Å². The van der Waals surface area contributed by atoms with Crippen LogP contribution in [-0.2, 0) is 14.3 Å². The number of amides is 1. The van der Waals surface area contributed by atoms with Gasteiger partial charge in [-0.2, -0.15) is 0 Å². The van der Waals surface area contributed by atoms with Crippen LogP contribution < -0.4 is 5.32 Å². The van der Waals surface area contributed by atoms with Crippen LogP contribution >= 0.6 is 0 Å². The Hall–Kier alpha value is -1.30. The summed E-state index contributed by atoms with van der Waals surface area (Å²) in [6, 6.07) is 0. The number of hydrogen-bond donors (Lipinski definition) is 2. The van der Waals surface area contributed by atoms with Crippen molar-refractivity contribution in [2.24, 2.45) is 0 Å². The predicted octanol–water partition coefficient (Wildman–Crippen LogP) is 1.53. The minimum absolute atomic E-state index is 0.257. The predicted molar refractivity (Wildman–Crippen MR) is 64.4 cm³/mol. The number of carbonyl (C=O) groups excluding carboxylic acids is 1. The summed E-state index contributed by atoms with van der Waals surface area (Å²) in [4.78, 5) is 22.2. The standard InChI is InChI=1S/C12H21NO5/c1-12(2,3)18-11(16)13-7-8-5-4-6-9(17-8)10(14)15/h8-9H,4-7H2,1-3H3,(H,13,16)(H,14,15)/t8-,9+/m0/s1. The van der Waals surface area contributed by atoms with Crippen LogP contribution in [0.3, 0.4) is 0 Å². The van der Waals surface area contributed by atoms with Gasteiger partial charge >= 0.3 is 12.1 Å². The Labute approximate surface area is 107 Å². The highest BCUT2D eigenvalue weighted by Crippen LogP contribution is 2.18. The van der Waals surface area contributed by atoms with E-state index >= 15 is 0 Å². The van der Waals surface area contributed by atoms with Crippen LogP contribution in [0.5, 0.6) is 0 Å². The molecule has 0 unspecified atom stereocenters. The van der Waals surface area contributed by atoms with Gasteiger partial charge in [-0.25, -0.2) is 9.59 Å². The van der Waals surface area contributed by atoms with Crippen molar-refractivity contribution in [3.63, 3.8) is 0 Å². The summed E-state index contributed by atoms with van der Waals surface area (Å²) in [5.74, 6) is -0.947. The van der Waals surface area contributed by atoms with Crippen LogP contribution in [0.15, 0.2) is 0 Å². The largest absolute Gasteiger partial charge is 0.479 e. The van der Waals surface area contributed by atoms with Gasteiger partial charge in [0.15, 0.2) is 6.10 Å². The molecule has 0 aromatic rings. The van der Waals surface area contributed by atoms with Crippen LogP contribution in [-0.4, -0.2) is 41.5 Å². The van der Waals surface area contributed by atoms with Gasteiger partial charge in [-0.05, 0) is 40.0 Å². The Morgan fingerprint density at radius 2 is 2.06 bits per heavy atom. The SMILES string of the molecule is CC(C)(C)OC(=O)NC[C@@H]1CCC[C@H](C(=O)O)O1. The molecule has 2 atom stereocenters. The number of carboxylic acids is 1. The molecule has 1 fully saturated rings. The zero-order chi connectivity index (χ0) is 13.8. The topological polar surface area (TPSA) is 84.9 Å². The van der Waals surface area contributed by atoms with E-state index in [4.69, 9.17) is 14.6 Å². The molecule has 0 saturated carbocycles. The number of carboxylic acid groups (broad SMARTS) is 1. The summed E-state index contributed by atoms with van der Waals surface area (Å²) in [7, 11) is 0. The first-order valence-corrected chi connectivity index (χ1v) is 6.13. The fraction of sp³-hybridized carbons (Fsp3) is 0.833. The van der Waals surface area contributed by atoms with E-state index in [9.17, 15) is 9.59 Å². The van der Waals surface area contributed by atoms with Crippen molar-refractivity contribution in [2.45, 2.75) is 57.8 Å². The fourth-order valence-corrected chi connectivity index (χ4v) is 1.74. The molecule has 1 heterocycles. The Morgan fingerprint density at radius 1 is 1.39 bits per heavy atom. The average Bonchev–Trinajstić information content (AvgIpc) is 2.24. The number of alkyl carbamates (subject to hydrolysis) is 1. The van der Waals surface area contributed by atoms with E-state index in [0.717, 1.165) is 12.8 Å². The third-order valence-corrected chi connectivity index (χ3v) is 2.50. The molecule has 1 aliphatic rings. The second kappa shape index (κ2) is 6.04. The molecule has 0 bridgehead atoms. The summed E-state index contributed by atoms with van der Waals surface area (Å²) in [6.45, 7) is 5.62. The number of aliphatic carboxylic acids is 1. The Kier molecular flexibility index (Phi) is 4.95. The van der Waals surface area contributed by atoms with Crippen molar-refractivity contribution in [2.75, 3.05) is 6.54 Å². The molecule has 104 valence electrons. The van der Waals surface area contributed by atoms with E-state index in [-0.39, 0.29) is 12.6 Å². The van der Waals surface area contributed by atoms with Crippen molar-refractivity contribution >= 4 is 12.1 Å². The highest BCUT2D eigenvalue weighted by Gasteiger charge is 2.28. The number of ether oxygens (including phenoxy) is 2. The lowest BCUT2D eigenvalue weighted by molar-refractivity contribution is -0.158. The first-order chi connectivity index (χ1) is 8.28. The second-order valence-corrected chi connectivity index (χ2v) is 5.40. The van der Waals surface area contributed by atoms with E-state index in [0.29, 0.717) is 6.42 Å². The molecule has 0 spiro atoms. The summed E-state index contributed by atoms with van der Waals surface area (Å²) in [5.41, 5.74) is -0.541. The smallest absolute Gasteiger partial charge is 0.407 e. The van der Waals surface area contributed by atoms with Gasteiger partial charge in [-0.3, -0.25) is 0 Å². The maximum atomic E-state index is 11.4. The van der Waals surface area contributed by atoms with Crippen LogP contribution in [0.2, 0.25) is 0 Å². The van der Waals surface area contributed by atoms with Crippen molar-refractivity contribution in [3.8, 4) is 0 Å². The Balaban J connectivity index is 2.31. The maximum absolute atomic E-state index is 11.4. The van der Waals surface area contributed by atoms with Gasteiger partial charge in [0.2, 0.25) is 0 Å². The van der Waals surface area contributed by atoms with Crippen molar-refractivity contribution in [1.82, 2.24) is 5.32 Å². The molecule has 6 heteroatoms. The summed E-state index contributed by atoms with van der Waals surface area (Å²) < 4.78 is 10.4. The molecular formula is C12H21NO5. The first-order valence-electron chi connectivity index (χ1n) is 6.13. The molecule has 0 aromatic heterocycles. The highest BCUT2D eigenvalue weighted by atomic mass is 16.6. The molecule has 6 nitrogen and oxygen atoms in total. The van der Waals surface area contributed by atoms with Gasteiger partial charge in [-0.1, -0.05) is 0 Å². The van der Waals surface area contributed by atoms with E-state index in [2.05, 4.69) is 5.32 Å². The van der Waals surface area contributed by atoms with Crippen LogP contribution in [0.4, 0.5) is 4.79 Å². The first kappa shape index (κ1) is 14.8. The van der Waals surface area contributed by atoms with Crippen LogP contribution in [0.25, 0.3) is 0 Å². The third-order valence-electron chi connectivity index (χ3n) is 2.50. The van der Waals surface area contributed by atoms with E-state index in [1.807, 2.05) is 0 Å². The van der Waals surface area contributed by atoms with Crippen LogP contribution in [0.1, 0.15) is 40.0 Å². The average molecular weight is 259 g/mol. The third kappa shape index (κ3) is 5.35. The number of carbonyl (C=O) groups is 2. The van der Waals surface area contributed by atoms with Crippen molar-refractivity contribution in [3.05, 3.63) is 0 Å². The molecule has 0 aliphatic carbocycles. The lowest BCUT2D eigenvalue weighted by Crippen LogP contribution is -2.42. The van der Waals surface area contributed by atoms with Crippen molar-refractivity contribution in [1.29, 1.82) is 0 Å². The minimum Gasteiger partial charge on any atom is -0.479 e. The van der Waals surface area contributed by atoms with Gasteiger partial charge < -0.3 is 19.9 Å². The molecule has 0 aromatic carbocycles. The van der Waals surface area contributed by atoms with Gasteiger partial charge in [0.25, 0.3) is 0 Å². The zero-order valence-corrected chi connectivity index (χ0v) is 11.1. The Bertz CT molecular complexity index is 310. The molecule has 2 N–H and O–H groups in total. The number of hydrogen-bond acceptors (Lipinski definition) is 4. The van der Waals surface area contributed by atoms with Crippen LogP contribution in [0, 0.1) is 0 Å². The van der Waals surface area contributed by atoms with Gasteiger partial charge in [-0.15, -0.1) is 0 Å². The molecule has 1 amide bonds. The van der Waals surface area contributed by atoms with Crippen molar-refractivity contribution < 1.29 is 24.2 Å². The lowest BCUT2D eigenvalue weighted by atomic mass is 10.0. The number of nitrogens with one attached hydrogen (secondary N) is 1. The summed E-state index contributed by atoms with van der Waals surface area (Å²) in [6.07, 6.45) is 0.537. The molecule has 18 heavy (non-hydrogen) atoms. The zero-order valence-electron chi connectivity index (χ0n) is 11.1. The Morgan fingerprint density at radius 3 is 2.61 bits per heavy atom. The normalized spacial score (nSPS) is 24.4. The summed E-state index contributed by atoms with van der Waals surface area (Å²) in [5, 5.41) is 11.4. The molecule has 1 saturated heterocycles. The molecule has 1 rings (SSSR count). The molecule has 1 aliphatic heterocycles. The fourth-order valence-electron chi connectivity index (χ4n) is 1.74. The van der Waals surface area contributed by atoms with E-state index in [1.54, 1.807) is 20.8 Å². The number of rotatable bonds is 3. The van der Waals surface area contributed by atoms with Gasteiger partial charge in [0.1, 0.15) is 5.60 Å². The lowest BCUT2D eigenvalue weighted by Gasteiger charge is -2.28. The maximum Gasteiger partial charge on any atom is 0.407 e. The van der Waals surface area contributed by atoms with Gasteiger partial charge in [0, 0.05) is 6.54 Å². The van der Waals surface area contributed by atoms with Gasteiger partial charge in [0.05, 0.1) is 6.10 Å². The molecular weight excluding hydrogens is 238 g/mol. The summed E-state index contributed by atoms with van der Waals surface area (Å²) >= 11 is 0. The second-order valence-electron chi connectivity index (χ2n) is 5.40. The highest BCUT2D eigenvalue weighted by molar-refractivity contribution is 5.72.